The van der Waals surface area contributed by atoms with Gasteiger partial charge in [-0.1, -0.05) is 25.1 Å². The summed E-state index contributed by atoms with van der Waals surface area (Å²) in [5.74, 6) is 0.735. The first-order valence-electron chi connectivity index (χ1n) is 8.39. The standard InChI is InChI=1S/C19H23N3O2.ClH/c1-2-15-5-7-17(8-6-15)24-14-19(23)22-11-10-21-13-18(22)16-4-3-9-20-12-16;/h3-9,12,18,21H,2,10-11,13-14H2,1H3;1H. The number of pyridine rings is 1. The quantitative estimate of drug-likeness (QED) is 0.889. The van der Waals surface area contributed by atoms with Gasteiger partial charge in [0.15, 0.2) is 6.61 Å². The summed E-state index contributed by atoms with van der Waals surface area (Å²) in [5.41, 5.74) is 2.30. The minimum atomic E-state index is 0. The summed E-state index contributed by atoms with van der Waals surface area (Å²) in [6, 6.07) is 11.8. The zero-order valence-electron chi connectivity index (χ0n) is 14.4. The van der Waals surface area contributed by atoms with Gasteiger partial charge in [0.1, 0.15) is 5.75 Å². The number of hydrogen-bond donors (Lipinski definition) is 1. The third kappa shape index (κ3) is 4.94. The van der Waals surface area contributed by atoms with Gasteiger partial charge in [0.05, 0.1) is 6.04 Å². The van der Waals surface area contributed by atoms with Crippen molar-refractivity contribution in [3.8, 4) is 5.75 Å². The van der Waals surface area contributed by atoms with E-state index in [2.05, 4.69) is 17.2 Å². The Hall–Kier alpha value is -2.11. The van der Waals surface area contributed by atoms with Gasteiger partial charge >= 0.3 is 0 Å². The van der Waals surface area contributed by atoms with Crippen LogP contribution in [0.5, 0.6) is 5.75 Å². The molecule has 1 unspecified atom stereocenters. The number of nitrogens with one attached hydrogen (secondary N) is 1. The smallest absolute Gasteiger partial charge is 0.261 e. The number of aryl methyl sites for hydroxylation is 1. The molecule has 6 heteroatoms. The molecule has 1 fully saturated rings. The third-order valence-corrected chi connectivity index (χ3v) is 4.33. The summed E-state index contributed by atoms with van der Waals surface area (Å²) in [5, 5.41) is 3.34. The summed E-state index contributed by atoms with van der Waals surface area (Å²) >= 11 is 0. The van der Waals surface area contributed by atoms with Gasteiger partial charge in [-0.15, -0.1) is 12.4 Å². The van der Waals surface area contributed by atoms with Crippen LogP contribution in [0, 0.1) is 0 Å². The van der Waals surface area contributed by atoms with Crippen molar-refractivity contribution < 1.29 is 9.53 Å². The average molecular weight is 362 g/mol. The van der Waals surface area contributed by atoms with Crippen LogP contribution in [0.2, 0.25) is 0 Å². The molecule has 25 heavy (non-hydrogen) atoms. The van der Waals surface area contributed by atoms with Crippen molar-refractivity contribution in [3.05, 3.63) is 59.9 Å². The zero-order chi connectivity index (χ0) is 16.8. The molecule has 2 aromatic rings. The summed E-state index contributed by atoms with van der Waals surface area (Å²) in [6.45, 7) is 4.39. The second-order valence-corrected chi connectivity index (χ2v) is 5.88. The monoisotopic (exact) mass is 361 g/mol. The summed E-state index contributed by atoms with van der Waals surface area (Å²) in [4.78, 5) is 18.7. The van der Waals surface area contributed by atoms with Crippen molar-refractivity contribution in [3.63, 3.8) is 0 Å². The Morgan fingerprint density at radius 1 is 1.32 bits per heavy atom. The lowest BCUT2D eigenvalue weighted by atomic mass is 10.1. The molecule has 1 atom stereocenters. The van der Waals surface area contributed by atoms with E-state index in [9.17, 15) is 4.79 Å². The number of amides is 1. The lowest BCUT2D eigenvalue weighted by Gasteiger charge is -2.36. The molecule has 3 rings (SSSR count). The minimum absolute atomic E-state index is 0. The van der Waals surface area contributed by atoms with Crippen LogP contribution in [-0.2, 0) is 11.2 Å². The highest BCUT2D eigenvalue weighted by atomic mass is 35.5. The van der Waals surface area contributed by atoms with Crippen LogP contribution >= 0.6 is 12.4 Å². The molecular formula is C19H24ClN3O2. The van der Waals surface area contributed by atoms with Crippen LogP contribution in [0.1, 0.15) is 24.1 Å². The maximum atomic E-state index is 12.6. The Kier molecular flexibility index (Phi) is 7.22. The number of nitrogens with zero attached hydrogens (tertiary/aromatic N) is 2. The van der Waals surface area contributed by atoms with Crippen molar-refractivity contribution in [2.75, 3.05) is 26.2 Å². The molecular weight excluding hydrogens is 338 g/mol. The maximum absolute atomic E-state index is 12.6. The van der Waals surface area contributed by atoms with E-state index in [0.717, 1.165) is 30.8 Å². The summed E-state index contributed by atoms with van der Waals surface area (Å²) in [6.07, 6.45) is 4.56. The van der Waals surface area contributed by atoms with Crippen LogP contribution in [0.4, 0.5) is 0 Å². The minimum Gasteiger partial charge on any atom is -0.484 e. The van der Waals surface area contributed by atoms with Gasteiger partial charge in [-0.25, -0.2) is 0 Å². The van der Waals surface area contributed by atoms with Crippen LogP contribution in [-0.4, -0.2) is 42.0 Å². The molecule has 0 bridgehead atoms. The Balaban J connectivity index is 0.00000225. The van der Waals surface area contributed by atoms with Crippen LogP contribution < -0.4 is 10.1 Å². The Morgan fingerprint density at radius 2 is 2.12 bits per heavy atom. The molecule has 1 N–H and O–H groups in total. The average Bonchev–Trinajstić information content (AvgIpc) is 2.67. The Labute approximate surface area is 154 Å². The van der Waals surface area contributed by atoms with Crippen LogP contribution in [0.25, 0.3) is 0 Å². The number of piperazine rings is 1. The number of hydrogen-bond acceptors (Lipinski definition) is 4. The molecule has 0 radical (unpaired) electrons. The largest absolute Gasteiger partial charge is 0.484 e. The molecule has 1 aliphatic heterocycles. The van der Waals surface area contributed by atoms with E-state index in [-0.39, 0.29) is 31.0 Å². The topological polar surface area (TPSA) is 54.5 Å². The molecule has 2 heterocycles. The Morgan fingerprint density at radius 3 is 2.80 bits per heavy atom. The third-order valence-electron chi connectivity index (χ3n) is 4.33. The van der Waals surface area contributed by atoms with E-state index in [0.29, 0.717) is 6.54 Å². The van der Waals surface area contributed by atoms with Crippen LogP contribution in [0.15, 0.2) is 48.8 Å². The van der Waals surface area contributed by atoms with Crippen molar-refractivity contribution in [2.45, 2.75) is 19.4 Å². The highest BCUT2D eigenvalue weighted by molar-refractivity contribution is 5.85. The first kappa shape index (κ1) is 19.2. The number of halogens is 1. The molecule has 5 nitrogen and oxygen atoms in total. The Bertz CT molecular complexity index is 664. The number of carbonyl (C=O) groups excluding carboxylic acids is 1. The van der Waals surface area contributed by atoms with E-state index >= 15 is 0 Å². The first-order chi connectivity index (χ1) is 11.8. The van der Waals surface area contributed by atoms with E-state index in [1.165, 1.54) is 5.56 Å². The SMILES string of the molecule is CCc1ccc(OCC(=O)N2CCNCC2c2cccnc2)cc1.Cl. The molecule has 0 spiro atoms. The van der Waals surface area contributed by atoms with E-state index in [1.54, 1.807) is 6.20 Å². The maximum Gasteiger partial charge on any atom is 0.261 e. The molecule has 1 aromatic carbocycles. The van der Waals surface area contributed by atoms with Crippen molar-refractivity contribution in [2.24, 2.45) is 0 Å². The fourth-order valence-electron chi connectivity index (χ4n) is 2.92. The predicted octanol–water partition coefficient (Wildman–Crippen LogP) is 2.62. The summed E-state index contributed by atoms with van der Waals surface area (Å²) in [7, 11) is 0. The molecule has 1 aromatic heterocycles. The van der Waals surface area contributed by atoms with Crippen molar-refractivity contribution >= 4 is 18.3 Å². The van der Waals surface area contributed by atoms with Gasteiger partial charge in [0.25, 0.3) is 5.91 Å². The fraction of sp³-hybridized carbons (Fsp3) is 0.368. The van der Waals surface area contributed by atoms with Gasteiger partial charge in [-0.3, -0.25) is 9.78 Å². The van der Waals surface area contributed by atoms with E-state index in [4.69, 9.17) is 4.74 Å². The summed E-state index contributed by atoms with van der Waals surface area (Å²) < 4.78 is 5.68. The van der Waals surface area contributed by atoms with E-state index in [1.807, 2.05) is 47.5 Å². The molecule has 0 saturated carbocycles. The second-order valence-electron chi connectivity index (χ2n) is 5.88. The van der Waals surface area contributed by atoms with Gasteiger partial charge < -0.3 is 15.0 Å². The van der Waals surface area contributed by atoms with Crippen LogP contribution in [0.3, 0.4) is 0 Å². The normalized spacial score (nSPS) is 16.8. The number of carbonyl (C=O) groups is 1. The second kappa shape index (κ2) is 9.39. The van der Waals surface area contributed by atoms with E-state index < -0.39 is 0 Å². The number of benzene rings is 1. The molecule has 1 aliphatic rings. The number of ether oxygens (including phenoxy) is 1. The highest BCUT2D eigenvalue weighted by Crippen LogP contribution is 2.22. The van der Waals surface area contributed by atoms with Gasteiger partial charge in [0.2, 0.25) is 0 Å². The predicted molar refractivity (Wildman–Crippen MR) is 100 cm³/mol. The molecule has 134 valence electrons. The van der Waals surface area contributed by atoms with Gasteiger partial charge in [0, 0.05) is 32.0 Å². The molecule has 1 amide bonds. The van der Waals surface area contributed by atoms with Gasteiger partial charge in [-0.2, -0.15) is 0 Å². The van der Waals surface area contributed by atoms with Crippen molar-refractivity contribution in [1.82, 2.24) is 15.2 Å². The first-order valence-corrected chi connectivity index (χ1v) is 8.39. The number of rotatable bonds is 5. The molecule has 0 aliphatic carbocycles. The lowest BCUT2D eigenvalue weighted by Crippen LogP contribution is -2.50. The highest BCUT2D eigenvalue weighted by Gasteiger charge is 2.28. The van der Waals surface area contributed by atoms with Crippen molar-refractivity contribution in [1.29, 1.82) is 0 Å². The number of aromatic nitrogens is 1. The fourth-order valence-corrected chi connectivity index (χ4v) is 2.92. The lowest BCUT2D eigenvalue weighted by molar-refractivity contribution is -0.136. The zero-order valence-corrected chi connectivity index (χ0v) is 15.2. The van der Waals surface area contributed by atoms with Gasteiger partial charge in [-0.05, 0) is 35.7 Å². The molecule has 1 saturated heterocycles.